The summed E-state index contributed by atoms with van der Waals surface area (Å²) < 4.78 is 0. The van der Waals surface area contributed by atoms with E-state index in [4.69, 9.17) is 4.84 Å². The Bertz CT molecular complexity index is 354. The standard InChI is InChI=1S/C11H13NO3/c1-8-7-10(14)12(15-2)11(8)5-3-9(13)4-6-11/h3-6,8H,7H2,1-2H3. The van der Waals surface area contributed by atoms with Crippen LogP contribution in [0.1, 0.15) is 13.3 Å². The van der Waals surface area contributed by atoms with Crippen molar-refractivity contribution in [1.82, 2.24) is 5.06 Å². The molecule has 1 spiro atoms. The molecule has 0 radical (unpaired) electrons. The number of ketones is 1. The largest absolute Gasteiger partial charge is 0.290 e. The predicted molar refractivity (Wildman–Crippen MR) is 53.7 cm³/mol. The van der Waals surface area contributed by atoms with Crippen LogP contribution in [0.2, 0.25) is 0 Å². The molecule has 1 atom stereocenters. The number of nitrogens with zero attached hydrogens (tertiary/aromatic N) is 1. The fourth-order valence-corrected chi connectivity index (χ4v) is 2.19. The molecule has 0 N–H and O–H groups in total. The van der Waals surface area contributed by atoms with Crippen molar-refractivity contribution in [1.29, 1.82) is 0 Å². The highest BCUT2D eigenvalue weighted by molar-refractivity contribution is 6.01. The second kappa shape index (κ2) is 3.31. The van der Waals surface area contributed by atoms with Crippen LogP contribution in [-0.2, 0) is 14.4 Å². The minimum absolute atomic E-state index is 0.0475. The summed E-state index contributed by atoms with van der Waals surface area (Å²) in [7, 11) is 1.47. The molecule has 1 unspecified atom stereocenters. The quantitative estimate of drug-likeness (QED) is 0.640. The fourth-order valence-electron chi connectivity index (χ4n) is 2.19. The highest BCUT2D eigenvalue weighted by Gasteiger charge is 2.49. The maximum atomic E-state index is 11.6. The van der Waals surface area contributed by atoms with E-state index in [1.165, 1.54) is 24.3 Å². The molecule has 1 aliphatic carbocycles. The fraction of sp³-hybridized carbons (Fsp3) is 0.455. The van der Waals surface area contributed by atoms with Crippen LogP contribution < -0.4 is 0 Å². The summed E-state index contributed by atoms with van der Waals surface area (Å²) in [6.45, 7) is 1.97. The van der Waals surface area contributed by atoms with Gasteiger partial charge in [-0.05, 0) is 30.2 Å². The number of carbonyl (C=O) groups excluding carboxylic acids is 2. The third kappa shape index (κ3) is 1.33. The van der Waals surface area contributed by atoms with Crippen molar-refractivity contribution in [3.8, 4) is 0 Å². The van der Waals surface area contributed by atoms with E-state index in [0.29, 0.717) is 6.42 Å². The van der Waals surface area contributed by atoms with Crippen LogP contribution in [0, 0.1) is 5.92 Å². The van der Waals surface area contributed by atoms with Gasteiger partial charge in [-0.2, -0.15) is 0 Å². The zero-order valence-corrected chi connectivity index (χ0v) is 8.77. The van der Waals surface area contributed by atoms with Gasteiger partial charge in [0.15, 0.2) is 5.78 Å². The Kier molecular flexibility index (Phi) is 2.23. The van der Waals surface area contributed by atoms with E-state index in [0.717, 1.165) is 0 Å². The molecule has 1 amide bonds. The lowest BCUT2D eigenvalue weighted by molar-refractivity contribution is -0.184. The van der Waals surface area contributed by atoms with Gasteiger partial charge in [0.2, 0.25) is 5.91 Å². The van der Waals surface area contributed by atoms with Crippen LogP contribution >= 0.6 is 0 Å². The molecule has 4 heteroatoms. The van der Waals surface area contributed by atoms with Gasteiger partial charge >= 0.3 is 0 Å². The topological polar surface area (TPSA) is 46.6 Å². The monoisotopic (exact) mass is 207 g/mol. The summed E-state index contributed by atoms with van der Waals surface area (Å²) in [6, 6.07) is 0. The molecule has 0 aromatic rings. The molecule has 15 heavy (non-hydrogen) atoms. The van der Waals surface area contributed by atoms with E-state index >= 15 is 0 Å². The van der Waals surface area contributed by atoms with Crippen LogP contribution in [0.25, 0.3) is 0 Å². The average Bonchev–Trinajstić information content (AvgIpc) is 2.43. The van der Waals surface area contributed by atoms with Crippen LogP contribution in [0.5, 0.6) is 0 Å². The van der Waals surface area contributed by atoms with Crippen molar-refractivity contribution < 1.29 is 14.4 Å². The van der Waals surface area contributed by atoms with Crippen molar-refractivity contribution in [2.75, 3.05) is 7.11 Å². The van der Waals surface area contributed by atoms with Crippen molar-refractivity contribution in [3.05, 3.63) is 24.3 Å². The molecule has 1 saturated heterocycles. The Hall–Kier alpha value is -1.42. The first kappa shape index (κ1) is 10.1. The van der Waals surface area contributed by atoms with Gasteiger partial charge in [-0.15, -0.1) is 0 Å². The smallest absolute Gasteiger partial charge is 0.247 e. The van der Waals surface area contributed by atoms with E-state index in [9.17, 15) is 9.59 Å². The van der Waals surface area contributed by atoms with Crippen LogP contribution in [0.15, 0.2) is 24.3 Å². The van der Waals surface area contributed by atoms with E-state index in [1.807, 2.05) is 6.92 Å². The van der Waals surface area contributed by atoms with Crippen molar-refractivity contribution in [3.63, 3.8) is 0 Å². The Labute approximate surface area is 88.1 Å². The molecule has 0 aromatic carbocycles. The minimum atomic E-state index is -0.570. The summed E-state index contributed by atoms with van der Waals surface area (Å²) in [5, 5.41) is 1.34. The Morgan fingerprint density at radius 1 is 1.40 bits per heavy atom. The van der Waals surface area contributed by atoms with Crippen molar-refractivity contribution in [2.45, 2.75) is 18.9 Å². The first-order valence-electron chi connectivity index (χ1n) is 4.90. The maximum Gasteiger partial charge on any atom is 0.247 e. The van der Waals surface area contributed by atoms with Gasteiger partial charge in [0.05, 0.1) is 7.11 Å². The van der Waals surface area contributed by atoms with Gasteiger partial charge in [0, 0.05) is 6.42 Å². The molecule has 0 bridgehead atoms. The average molecular weight is 207 g/mol. The molecule has 0 saturated carbocycles. The normalized spacial score (nSPS) is 28.1. The van der Waals surface area contributed by atoms with Gasteiger partial charge in [-0.25, -0.2) is 5.06 Å². The third-order valence-electron chi connectivity index (χ3n) is 3.06. The minimum Gasteiger partial charge on any atom is -0.290 e. The molecule has 1 heterocycles. The Morgan fingerprint density at radius 2 is 2.00 bits per heavy atom. The first-order valence-corrected chi connectivity index (χ1v) is 4.90. The summed E-state index contributed by atoms with van der Waals surface area (Å²) in [5.74, 6) is 0.0161. The van der Waals surface area contributed by atoms with E-state index in [2.05, 4.69) is 0 Å². The van der Waals surface area contributed by atoms with Crippen molar-refractivity contribution in [2.24, 2.45) is 5.92 Å². The number of amides is 1. The van der Waals surface area contributed by atoms with Gasteiger partial charge in [0.25, 0.3) is 0 Å². The molecular formula is C11H13NO3. The molecule has 80 valence electrons. The lowest BCUT2D eigenvalue weighted by Gasteiger charge is -2.35. The molecule has 4 nitrogen and oxygen atoms in total. The lowest BCUT2D eigenvalue weighted by atomic mass is 9.83. The molecular weight excluding hydrogens is 194 g/mol. The van der Waals surface area contributed by atoms with Crippen LogP contribution in [0.4, 0.5) is 0 Å². The third-order valence-corrected chi connectivity index (χ3v) is 3.06. The van der Waals surface area contributed by atoms with Gasteiger partial charge in [-0.3, -0.25) is 14.4 Å². The van der Waals surface area contributed by atoms with E-state index in [-0.39, 0.29) is 17.6 Å². The van der Waals surface area contributed by atoms with Crippen LogP contribution in [0.3, 0.4) is 0 Å². The first-order chi connectivity index (χ1) is 7.10. The van der Waals surface area contributed by atoms with Gasteiger partial charge in [0.1, 0.15) is 5.54 Å². The number of carbonyl (C=O) groups is 2. The predicted octanol–water partition coefficient (Wildman–Crippen LogP) is 0.850. The Morgan fingerprint density at radius 3 is 2.53 bits per heavy atom. The summed E-state index contributed by atoms with van der Waals surface area (Å²) in [5.41, 5.74) is -0.570. The molecule has 1 fully saturated rings. The lowest BCUT2D eigenvalue weighted by Crippen LogP contribution is -2.46. The van der Waals surface area contributed by atoms with Crippen LogP contribution in [-0.4, -0.2) is 29.4 Å². The summed E-state index contributed by atoms with van der Waals surface area (Å²) in [4.78, 5) is 27.8. The number of hydrogen-bond donors (Lipinski definition) is 0. The van der Waals surface area contributed by atoms with Gasteiger partial charge in [-0.1, -0.05) is 6.92 Å². The second-order valence-electron chi connectivity index (χ2n) is 3.93. The zero-order valence-electron chi connectivity index (χ0n) is 8.77. The highest BCUT2D eigenvalue weighted by Crippen LogP contribution is 2.39. The Balaban J connectivity index is 2.41. The summed E-state index contributed by atoms with van der Waals surface area (Å²) >= 11 is 0. The molecule has 1 aliphatic heterocycles. The highest BCUT2D eigenvalue weighted by atomic mass is 16.7. The number of rotatable bonds is 1. The molecule has 0 aromatic heterocycles. The summed E-state index contributed by atoms with van der Waals surface area (Å²) in [6.07, 6.45) is 6.90. The second-order valence-corrected chi connectivity index (χ2v) is 3.93. The SMILES string of the molecule is CON1C(=O)CC(C)C12C=CC(=O)C=C2. The molecule has 2 rings (SSSR count). The zero-order chi connectivity index (χ0) is 11.1. The van der Waals surface area contributed by atoms with E-state index < -0.39 is 5.54 Å². The molecule has 2 aliphatic rings. The number of hydroxylamine groups is 2. The maximum absolute atomic E-state index is 11.6. The number of hydrogen-bond acceptors (Lipinski definition) is 3. The van der Waals surface area contributed by atoms with Crippen molar-refractivity contribution >= 4 is 11.7 Å². The van der Waals surface area contributed by atoms with E-state index in [1.54, 1.807) is 12.2 Å². The van der Waals surface area contributed by atoms with Gasteiger partial charge < -0.3 is 0 Å². The number of allylic oxidation sites excluding steroid dienone is 2.